The molecule has 204 valence electrons. The lowest BCUT2D eigenvalue weighted by Gasteiger charge is -2.20. The first kappa shape index (κ1) is 28.7. The van der Waals surface area contributed by atoms with Crippen molar-refractivity contribution in [2.75, 3.05) is 24.3 Å². The van der Waals surface area contributed by atoms with Crippen molar-refractivity contribution in [3.63, 3.8) is 0 Å². The monoisotopic (exact) mass is 532 g/mol. The van der Waals surface area contributed by atoms with Crippen LogP contribution in [0, 0.1) is 31.1 Å². The fourth-order valence-electron chi connectivity index (χ4n) is 4.16. The van der Waals surface area contributed by atoms with E-state index in [0.29, 0.717) is 11.5 Å². The number of aromatic amines is 1. The van der Waals surface area contributed by atoms with Crippen LogP contribution in [0.2, 0.25) is 0 Å². The Kier molecular flexibility index (Phi) is 8.93. The summed E-state index contributed by atoms with van der Waals surface area (Å²) in [6.07, 6.45) is 1.43. The van der Waals surface area contributed by atoms with E-state index in [1.54, 1.807) is 24.3 Å². The fourth-order valence-corrected chi connectivity index (χ4v) is 4.16. The normalized spacial score (nSPS) is 11.4. The number of nitrogens with two attached hydrogens (primary N) is 1. The zero-order valence-corrected chi connectivity index (χ0v) is 22.6. The molecular weight excluding hydrogens is 500 g/mol. The number of nitrogen functional groups attached to an aromatic ring is 1. The number of H-pyrrole nitrogens is 1. The van der Waals surface area contributed by atoms with Crippen molar-refractivity contribution in [3.8, 4) is 6.07 Å². The predicted octanol–water partition coefficient (Wildman–Crippen LogP) is 2.35. The Morgan fingerprint density at radius 3 is 2.46 bits per heavy atom. The molecule has 39 heavy (non-hydrogen) atoms. The number of aromatic nitrogens is 3. The molecule has 1 amide bonds. The largest absolute Gasteiger partial charge is 0.451 e. The van der Waals surface area contributed by atoms with Crippen molar-refractivity contribution < 1.29 is 14.3 Å². The quantitative estimate of drug-likeness (QED) is 0.243. The summed E-state index contributed by atoms with van der Waals surface area (Å²) in [6, 6.07) is 12.7. The van der Waals surface area contributed by atoms with Crippen LogP contribution < -0.4 is 21.9 Å². The lowest BCUT2D eigenvalue weighted by atomic mass is 10.1. The second kappa shape index (κ2) is 12.1. The molecule has 0 radical (unpaired) electrons. The minimum absolute atomic E-state index is 0.0699. The predicted molar refractivity (Wildman–Crippen MR) is 148 cm³/mol. The first-order valence-corrected chi connectivity index (χ1v) is 12.3. The molecule has 2 aromatic heterocycles. The van der Waals surface area contributed by atoms with Crippen LogP contribution in [0.3, 0.4) is 0 Å². The van der Waals surface area contributed by atoms with Gasteiger partial charge in [-0.2, -0.15) is 5.26 Å². The van der Waals surface area contributed by atoms with Gasteiger partial charge in [0, 0.05) is 25.0 Å². The number of amides is 1. The highest BCUT2D eigenvalue weighted by Gasteiger charge is 2.23. The molecule has 2 heterocycles. The maximum atomic E-state index is 12.8. The van der Waals surface area contributed by atoms with Crippen molar-refractivity contribution >= 4 is 29.5 Å². The second-order valence-corrected chi connectivity index (χ2v) is 9.59. The Balaban J connectivity index is 1.78. The van der Waals surface area contributed by atoms with Gasteiger partial charge in [-0.05, 0) is 43.0 Å². The van der Waals surface area contributed by atoms with E-state index in [-0.39, 0.29) is 23.6 Å². The Bertz CT molecular complexity index is 1570. The maximum absolute atomic E-state index is 12.8. The second-order valence-electron chi connectivity index (χ2n) is 9.59. The summed E-state index contributed by atoms with van der Waals surface area (Å²) >= 11 is 0. The highest BCUT2D eigenvalue weighted by molar-refractivity contribution is 6.01. The highest BCUT2D eigenvalue weighted by atomic mass is 16.5. The number of carbonyl (C=O) groups is 2. The number of ether oxygens (including phenoxy) is 1. The molecule has 0 atom stereocenters. The fraction of sp³-hybridized carbons (Fsp3) is 0.321. The first-order valence-electron chi connectivity index (χ1n) is 12.3. The number of esters is 1. The third kappa shape index (κ3) is 6.54. The molecule has 0 bridgehead atoms. The summed E-state index contributed by atoms with van der Waals surface area (Å²) in [5.41, 5.74) is 7.35. The number of aryl methyl sites for hydroxylation is 1. The molecule has 3 N–H and O–H groups in total. The van der Waals surface area contributed by atoms with Gasteiger partial charge in [-0.3, -0.25) is 19.1 Å². The zero-order chi connectivity index (χ0) is 28.9. The molecule has 0 aliphatic heterocycles. The summed E-state index contributed by atoms with van der Waals surface area (Å²) in [6.45, 7) is 8.15. The van der Waals surface area contributed by atoms with Crippen LogP contribution in [-0.4, -0.2) is 39.6 Å². The van der Waals surface area contributed by atoms with Crippen LogP contribution >= 0.6 is 0 Å². The van der Waals surface area contributed by atoms with Crippen LogP contribution in [0.1, 0.15) is 36.4 Å². The number of benzene rings is 1. The number of hydrogen-bond donors (Lipinski definition) is 2. The van der Waals surface area contributed by atoms with E-state index in [1.807, 2.05) is 32.0 Å². The minimum Gasteiger partial charge on any atom is -0.451 e. The van der Waals surface area contributed by atoms with Crippen molar-refractivity contribution in [1.29, 1.82) is 5.26 Å². The molecule has 11 heteroatoms. The van der Waals surface area contributed by atoms with Crippen molar-refractivity contribution in [2.24, 2.45) is 5.92 Å². The molecule has 3 aromatic rings. The molecule has 3 rings (SSSR count). The highest BCUT2D eigenvalue weighted by Crippen LogP contribution is 2.20. The molecule has 0 unspecified atom stereocenters. The average Bonchev–Trinajstić information content (AvgIpc) is 3.15. The van der Waals surface area contributed by atoms with Gasteiger partial charge in [-0.25, -0.2) is 9.59 Å². The van der Waals surface area contributed by atoms with Crippen LogP contribution in [0.4, 0.5) is 11.5 Å². The van der Waals surface area contributed by atoms with Gasteiger partial charge in [0.15, 0.2) is 12.3 Å². The number of anilines is 2. The third-order valence-corrected chi connectivity index (χ3v) is 6.23. The lowest BCUT2D eigenvalue weighted by Crippen LogP contribution is -2.40. The standard InChI is InChI=1S/C28H32N6O5/c1-17(2)14-33-18(3)11-21(19(33)4)12-22(13-29)27(37)39-16-23(35)32(5)24-25(30)34(28(38)31-26(24)36)15-20-9-7-6-8-10-20/h6-12,17H,14-16,30H2,1-5H3,(H,31,36,38)/b22-12-. The van der Waals surface area contributed by atoms with E-state index in [4.69, 9.17) is 10.5 Å². The Hall–Kier alpha value is -4.85. The van der Waals surface area contributed by atoms with E-state index in [1.165, 1.54) is 13.1 Å². The number of nitrogens with one attached hydrogen (secondary N) is 1. The minimum atomic E-state index is -0.983. The maximum Gasteiger partial charge on any atom is 0.349 e. The number of likely N-dealkylation sites (N-methyl/N-ethyl adjacent to an activating group) is 1. The van der Waals surface area contributed by atoms with Crippen molar-refractivity contribution in [1.82, 2.24) is 14.1 Å². The summed E-state index contributed by atoms with van der Waals surface area (Å²) in [4.78, 5) is 53.5. The SMILES string of the molecule is Cc1cc(/C=C(/C#N)C(=O)OCC(=O)N(C)c2c(N)n(Cc3ccccc3)c(=O)[nH]c2=O)c(C)n1CC(C)C. The molecular formula is C28H32N6O5. The summed E-state index contributed by atoms with van der Waals surface area (Å²) in [5, 5.41) is 9.56. The summed E-state index contributed by atoms with van der Waals surface area (Å²) in [5.74, 6) is -1.57. The molecule has 11 nitrogen and oxygen atoms in total. The number of nitriles is 1. The topological polar surface area (TPSA) is 156 Å². The molecule has 0 spiro atoms. The van der Waals surface area contributed by atoms with Gasteiger partial charge in [0.2, 0.25) is 0 Å². The van der Waals surface area contributed by atoms with Gasteiger partial charge in [0.1, 0.15) is 17.5 Å². The Morgan fingerprint density at radius 2 is 1.85 bits per heavy atom. The zero-order valence-electron chi connectivity index (χ0n) is 22.6. The molecule has 1 aromatic carbocycles. The number of hydrogen-bond acceptors (Lipinski definition) is 7. The van der Waals surface area contributed by atoms with E-state index in [0.717, 1.165) is 33.0 Å². The van der Waals surface area contributed by atoms with Gasteiger partial charge in [0.05, 0.1) is 6.54 Å². The number of rotatable bonds is 9. The summed E-state index contributed by atoms with van der Waals surface area (Å²) < 4.78 is 8.33. The summed E-state index contributed by atoms with van der Waals surface area (Å²) in [7, 11) is 1.28. The third-order valence-electron chi connectivity index (χ3n) is 6.23. The number of nitrogens with zero attached hydrogens (tertiary/aromatic N) is 4. The number of carbonyl (C=O) groups excluding carboxylic acids is 2. The smallest absolute Gasteiger partial charge is 0.349 e. The van der Waals surface area contributed by atoms with Gasteiger partial charge >= 0.3 is 11.7 Å². The van der Waals surface area contributed by atoms with Gasteiger partial charge in [0.25, 0.3) is 11.5 Å². The average molecular weight is 533 g/mol. The Labute approximate surface area is 225 Å². The van der Waals surface area contributed by atoms with Crippen LogP contribution in [-0.2, 0) is 27.4 Å². The van der Waals surface area contributed by atoms with E-state index in [2.05, 4.69) is 23.4 Å². The molecule has 0 aliphatic rings. The lowest BCUT2D eigenvalue weighted by molar-refractivity contribution is -0.143. The van der Waals surface area contributed by atoms with E-state index >= 15 is 0 Å². The molecule has 0 saturated heterocycles. The van der Waals surface area contributed by atoms with Crippen LogP contribution in [0.5, 0.6) is 0 Å². The Morgan fingerprint density at radius 1 is 1.18 bits per heavy atom. The van der Waals surface area contributed by atoms with E-state index < -0.39 is 29.7 Å². The molecule has 0 aliphatic carbocycles. The molecule has 0 fully saturated rings. The van der Waals surface area contributed by atoms with Crippen LogP contribution in [0.25, 0.3) is 6.08 Å². The van der Waals surface area contributed by atoms with Crippen molar-refractivity contribution in [3.05, 3.63) is 85.3 Å². The van der Waals surface area contributed by atoms with Crippen molar-refractivity contribution in [2.45, 2.75) is 40.8 Å². The van der Waals surface area contributed by atoms with Crippen LogP contribution in [0.15, 0.2) is 51.6 Å². The van der Waals surface area contributed by atoms with Gasteiger partial charge in [-0.1, -0.05) is 44.2 Å². The molecule has 0 saturated carbocycles. The van der Waals surface area contributed by atoms with Gasteiger partial charge in [-0.15, -0.1) is 0 Å². The van der Waals surface area contributed by atoms with Gasteiger partial charge < -0.3 is 19.9 Å². The van der Waals surface area contributed by atoms with E-state index in [9.17, 15) is 24.4 Å². The first-order chi connectivity index (χ1) is 18.4.